The van der Waals surface area contributed by atoms with Gasteiger partial charge in [-0.2, -0.15) is 0 Å². The summed E-state index contributed by atoms with van der Waals surface area (Å²) in [6.07, 6.45) is 6.49. The third kappa shape index (κ3) is 8.72. The molecule has 198 valence electrons. The van der Waals surface area contributed by atoms with E-state index in [0.29, 0.717) is 50.9 Å². The maximum Gasteiger partial charge on any atom is 0.227 e. The number of amides is 1. The minimum atomic E-state index is -0.158. The van der Waals surface area contributed by atoms with Crippen LogP contribution in [0.25, 0.3) is 0 Å². The third-order valence-electron chi connectivity index (χ3n) is 6.12. The molecule has 1 aliphatic heterocycles. The van der Waals surface area contributed by atoms with Gasteiger partial charge in [-0.05, 0) is 37.0 Å². The summed E-state index contributed by atoms with van der Waals surface area (Å²) >= 11 is 5.82. The Balaban J connectivity index is 1.68. The number of methoxy groups -OCH3 is 2. The number of carbonyl (C=O) groups excluding carboxylic acids is 1. The first kappa shape index (κ1) is 27.8. The first-order chi connectivity index (χ1) is 17.4. The maximum absolute atomic E-state index is 13.7. The van der Waals surface area contributed by atoms with Gasteiger partial charge in [0.25, 0.3) is 0 Å². The van der Waals surface area contributed by atoms with Gasteiger partial charge in [-0.15, -0.1) is 0 Å². The molecule has 0 radical (unpaired) electrons. The molecule has 0 bridgehead atoms. The molecule has 1 unspecified atom stereocenters. The number of benzene rings is 1. The third-order valence-corrected chi connectivity index (χ3v) is 6.23. The SMILES string of the molecule is C=C/N=C(\C=C(/N)Cl)NC1CNC[C@H](C(=O)N(Cc2cc(OC)cc(OCCCOC)c2)C2CC2)C1. The molecular weight excluding hydrogens is 482 g/mol. The Morgan fingerprint density at radius 2 is 2.06 bits per heavy atom. The topological polar surface area (TPSA) is 110 Å². The van der Waals surface area contributed by atoms with Gasteiger partial charge >= 0.3 is 0 Å². The number of halogens is 1. The van der Waals surface area contributed by atoms with Crippen LogP contribution < -0.4 is 25.8 Å². The summed E-state index contributed by atoms with van der Waals surface area (Å²) in [4.78, 5) is 19.9. The van der Waals surface area contributed by atoms with Crippen molar-refractivity contribution in [3.05, 3.63) is 47.8 Å². The predicted molar refractivity (Wildman–Crippen MR) is 142 cm³/mol. The number of carbonyl (C=O) groups is 1. The van der Waals surface area contributed by atoms with E-state index >= 15 is 0 Å². The minimum Gasteiger partial charge on any atom is -0.497 e. The second kappa shape index (κ2) is 14.1. The summed E-state index contributed by atoms with van der Waals surface area (Å²) in [5.41, 5.74) is 6.58. The molecule has 1 aromatic rings. The zero-order valence-electron chi connectivity index (χ0n) is 21.2. The zero-order chi connectivity index (χ0) is 25.9. The van der Waals surface area contributed by atoms with E-state index in [1.165, 1.54) is 6.20 Å². The Bertz CT molecular complexity index is 946. The van der Waals surface area contributed by atoms with E-state index in [1.807, 2.05) is 23.1 Å². The molecule has 9 nitrogen and oxygen atoms in total. The molecule has 2 atom stereocenters. The average molecular weight is 520 g/mol. The van der Waals surface area contributed by atoms with Crippen LogP contribution in [0.2, 0.25) is 0 Å². The van der Waals surface area contributed by atoms with Crippen molar-refractivity contribution >= 4 is 23.3 Å². The molecule has 0 aromatic heterocycles. The van der Waals surface area contributed by atoms with Crippen molar-refractivity contribution in [1.29, 1.82) is 0 Å². The van der Waals surface area contributed by atoms with Gasteiger partial charge < -0.3 is 35.5 Å². The number of nitrogens with one attached hydrogen (secondary N) is 2. The first-order valence-electron chi connectivity index (χ1n) is 12.3. The van der Waals surface area contributed by atoms with Crippen LogP contribution >= 0.6 is 11.6 Å². The molecule has 1 aliphatic carbocycles. The summed E-state index contributed by atoms with van der Waals surface area (Å²) in [6.45, 7) is 6.68. The van der Waals surface area contributed by atoms with Crippen molar-refractivity contribution in [2.75, 3.05) is 40.5 Å². The molecule has 1 saturated carbocycles. The number of nitrogens with two attached hydrogens (primary N) is 1. The smallest absolute Gasteiger partial charge is 0.227 e. The van der Waals surface area contributed by atoms with E-state index in [0.717, 1.165) is 30.6 Å². The Morgan fingerprint density at radius 1 is 1.28 bits per heavy atom. The van der Waals surface area contributed by atoms with Crippen molar-refractivity contribution in [1.82, 2.24) is 15.5 Å². The Kier molecular flexibility index (Phi) is 10.9. The van der Waals surface area contributed by atoms with Gasteiger partial charge in [0.05, 0.1) is 19.6 Å². The van der Waals surface area contributed by atoms with Gasteiger partial charge in [-0.3, -0.25) is 4.79 Å². The highest BCUT2D eigenvalue weighted by Crippen LogP contribution is 2.32. The lowest BCUT2D eigenvalue weighted by molar-refractivity contribution is -0.137. The van der Waals surface area contributed by atoms with Crippen molar-refractivity contribution in [3.8, 4) is 11.5 Å². The van der Waals surface area contributed by atoms with E-state index in [1.54, 1.807) is 20.3 Å². The Labute approximate surface area is 218 Å². The summed E-state index contributed by atoms with van der Waals surface area (Å²) in [7, 11) is 3.31. The van der Waals surface area contributed by atoms with Gasteiger partial charge in [-0.25, -0.2) is 4.99 Å². The normalized spacial score (nSPS) is 20.5. The van der Waals surface area contributed by atoms with Gasteiger partial charge in [-0.1, -0.05) is 18.2 Å². The lowest BCUT2D eigenvalue weighted by Crippen LogP contribution is -2.52. The van der Waals surface area contributed by atoms with E-state index in [-0.39, 0.29) is 29.1 Å². The fourth-order valence-electron chi connectivity index (χ4n) is 4.32. The summed E-state index contributed by atoms with van der Waals surface area (Å²) < 4.78 is 16.5. The number of piperidine rings is 1. The van der Waals surface area contributed by atoms with Crippen LogP contribution in [0.5, 0.6) is 11.5 Å². The number of ether oxygens (including phenoxy) is 3. The van der Waals surface area contributed by atoms with Crippen molar-refractivity contribution in [2.45, 2.75) is 44.3 Å². The molecular formula is C26H38ClN5O4. The summed E-state index contributed by atoms with van der Waals surface area (Å²) in [5.74, 6) is 1.95. The number of hydrogen-bond acceptors (Lipinski definition) is 7. The van der Waals surface area contributed by atoms with Crippen molar-refractivity contribution in [3.63, 3.8) is 0 Å². The highest BCUT2D eigenvalue weighted by Gasteiger charge is 2.37. The minimum absolute atomic E-state index is 0.00337. The molecule has 1 amide bonds. The molecule has 1 aromatic carbocycles. The fourth-order valence-corrected chi connectivity index (χ4v) is 4.42. The number of amidine groups is 1. The first-order valence-corrected chi connectivity index (χ1v) is 12.7. The quantitative estimate of drug-likeness (QED) is 0.159. The van der Waals surface area contributed by atoms with Gasteiger partial charge in [0.2, 0.25) is 5.91 Å². The van der Waals surface area contributed by atoms with Gasteiger partial charge in [0, 0.05) is 70.2 Å². The van der Waals surface area contributed by atoms with Gasteiger partial charge in [0.1, 0.15) is 22.5 Å². The van der Waals surface area contributed by atoms with E-state index in [9.17, 15) is 4.79 Å². The Morgan fingerprint density at radius 3 is 2.72 bits per heavy atom. The van der Waals surface area contributed by atoms with E-state index in [4.69, 9.17) is 31.5 Å². The monoisotopic (exact) mass is 519 g/mol. The van der Waals surface area contributed by atoms with Crippen LogP contribution in [-0.2, 0) is 16.1 Å². The number of rotatable bonds is 13. The van der Waals surface area contributed by atoms with E-state index < -0.39 is 0 Å². The van der Waals surface area contributed by atoms with Crippen LogP contribution in [0.1, 0.15) is 31.2 Å². The van der Waals surface area contributed by atoms with Gasteiger partial charge in [0.15, 0.2) is 0 Å². The molecule has 10 heteroatoms. The van der Waals surface area contributed by atoms with Crippen LogP contribution in [0.15, 0.2) is 47.2 Å². The highest BCUT2D eigenvalue weighted by atomic mass is 35.5. The molecule has 0 spiro atoms. The number of nitrogens with zero attached hydrogens (tertiary/aromatic N) is 2. The number of aliphatic imine (C=N–C) groups is 1. The molecule has 36 heavy (non-hydrogen) atoms. The number of hydrogen-bond donors (Lipinski definition) is 3. The second-order valence-corrected chi connectivity index (χ2v) is 9.50. The molecule has 1 heterocycles. The zero-order valence-corrected chi connectivity index (χ0v) is 21.9. The van der Waals surface area contributed by atoms with Crippen LogP contribution in [0.3, 0.4) is 0 Å². The van der Waals surface area contributed by atoms with E-state index in [2.05, 4.69) is 22.2 Å². The summed E-state index contributed by atoms with van der Waals surface area (Å²) in [6, 6.07) is 6.09. The highest BCUT2D eigenvalue weighted by molar-refractivity contribution is 6.30. The lowest BCUT2D eigenvalue weighted by atomic mass is 9.94. The summed E-state index contributed by atoms with van der Waals surface area (Å²) in [5, 5.41) is 6.82. The van der Waals surface area contributed by atoms with Crippen LogP contribution in [0, 0.1) is 5.92 Å². The molecule has 4 N–H and O–H groups in total. The fraction of sp³-hybridized carbons (Fsp3) is 0.538. The van der Waals surface area contributed by atoms with Crippen LogP contribution in [-0.4, -0.2) is 69.2 Å². The van der Waals surface area contributed by atoms with Crippen molar-refractivity contribution in [2.24, 2.45) is 16.6 Å². The molecule has 3 rings (SSSR count). The average Bonchev–Trinajstić information content (AvgIpc) is 3.70. The standard InChI is InChI=1S/C26H38ClN5O4/c1-4-30-25(14-24(27)28)31-20-12-19(15-29-16-20)26(33)32(21-6-7-21)17-18-10-22(35-3)13-23(11-18)36-9-5-8-34-2/h4,10-11,13-14,19-21,29H,1,5-9,12,15-17,28H2,2-3H3,(H,30,31)/b24-14-/t19-,20?/m1/s1. The molecule has 1 saturated heterocycles. The lowest BCUT2D eigenvalue weighted by Gasteiger charge is -2.34. The Hall–Kier alpha value is -2.75. The molecule has 2 fully saturated rings. The van der Waals surface area contributed by atoms with Crippen molar-refractivity contribution < 1.29 is 19.0 Å². The predicted octanol–water partition coefficient (Wildman–Crippen LogP) is 2.75. The maximum atomic E-state index is 13.7. The second-order valence-electron chi connectivity index (χ2n) is 9.07. The molecule has 2 aliphatic rings. The largest absolute Gasteiger partial charge is 0.497 e. The van der Waals surface area contributed by atoms with Crippen LogP contribution in [0.4, 0.5) is 0 Å².